The van der Waals surface area contributed by atoms with Crippen LogP contribution in [0.2, 0.25) is 5.02 Å². The zero-order valence-electron chi connectivity index (χ0n) is 13.4. The minimum atomic E-state index is -0.762. The molecule has 5 heteroatoms. The van der Waals surface area contributed by atoms with Crippen molar-refractivity contribution in [3.8, 4) is 5.75 Å². The number of amides is 1. The molecule has 3 atom stereocenters. The molecule has 1 saturated carbocycles. The Bertz CT molecular complexity index is 734. The van der Waals surface area contributed by atoms with Crippen molar-refractivity contribution in [2.24, 2.45) is 5.92 Å². The zero-order chi connectivity index (χ0) is 17.1. The Labute approximate surface area is 146 Å². The van der Waals surface area contributed by atoms with Crippen LogP contribution in [0.25, 0.3) is 0 Å². The van der Waals surface area contributed by atoms with E-state index in [-0.39, 0.29) is 24.3 Å². The molecule has 1 aliphatic rings. The van der Waals surface area contributed by atoms with Gasteiger partial charge in [0.2, 0.25) is 5.91 Å². The van der Waals surface area contributed by atoms with E-state index in [1.165, 1.54) is 0 Å². The van der Waals surface area contributed by atoms with Crippen LogP contribution in [-0.2, 0) is 4.79 Å². The summed E-state index contributed by atoms with van der Waals surface area (Å²) in [4.78, 5) is 12.3. The number of hydrogen-bond acceptors (Lipinski definition) is 3. The molecule has 0 aromatic heterocycles. The van der Waals surface area contributed by atoms with Crippen molar-refractivity contribution >= 4 is 17.5 Å². The second-order valence-corrected chi connectivity index (χ2v) is 6.41. The fraction of sp³-hybridized carbons (Fsp3) is 0.316. The number of ether oxygens (including phenoxy) is 1. The second-order valence-electron chi connectivity index (χ2n) is 6.01. The zero-order valence-corrected chi connectivity index (χ0v) is 14.2. The topological polar surface area (TPSA) is 58.6 Å². The van der Waals surface area contributed by atoms with Gasteiger partial charge in [-0.25, -0.2) is 0 Å². The largest absolute Gasteiger partial charge is 0.497 e. The van der Waals surface area contributed by atoms with E-state index in [1.54, 1.807) is 13.2 Å². The average molecular weight is 346 g/mol. The summed E-state index contributed by atoms with van der Waals surface area (Å²) in [6.45, 7) is 0.178. The minimum absolute atomic E-state index is 0.0399. The number of nitrogens with one attached hydrogen (secondary N) is 1. The maximum Gasteiger partial charge on any atom is 0.223 e. The van der Waals surface area contributed by atoms with Gasteiger partial charge in [0.15, 0.2) is 0 Å². The molecule has 24 heavy (non-hydrogen) atoms. The molecule has 3 rings (SSSR count). The lowest BCUT2D eigenvalue weighted by atomic mass is 10.1. The Kier molecular flexibility index (Phi) is 5.07. The second kappa shape index (κ2) is 7.24. The summed E-state index contributed by atoms with van der Waals surface area (Å²) in [6, 6.07) is 14.8. The maximum absolute atomic E-state index is 12.3. The van der Waals surface area contributed by atoms with E-state index in [0.717, 1.165) is 12.0 Å². The third-order valence-corrected chi connectivity index (χ3v) is 4.72. The Morgan fingerprint density at radius 3 is 2.88 bits per heavy atom. The van der Waals surface area contributed by atoms with Crippen LogP contribution >= 0.6 is 11.6 Å². The van der Waals surface area contributed by atoms with E-state index in [1.807, 2.05) is 42.5 Å². The van der Waals surface area contributed by atoms with E-state index >= 15 is 0 Å². The lowest BCUT2D eigenvalue weighted by molar-refractivity contribution is -0.122. The Morgan fingerprint density at radius 2 is 2.12 bits per heavy atom. The summed E-state index contributed by atoms with van der Waals surface area (Å²) in [5.41, 5.74) is 1.74. The van der Waals surface area contributed by atoms with Crippen LogP contribution in [0, 0.1) is 5.92 Å². The van der Waals surface area contributed by atoms with Crippen molar-refractivity contribution in [2.45, 2.75) is 18.4 Å². The highest BCUT2D eigenvalue weighted by atomic mass is 35.5. The molecule has 0 unspecified atom stereocenters. The molecule has 0 heterocycles. The number of rotatable bonds is 6. The van der Waals surface area contributed by atoms with Gasteiger partial charge in [0, 0.05) is 17.5 Å². The monoisotopic (exact) mass is 345 g/mol. The normalized spacial score (nSPS) is 20.3. The summed E-state index contributed by atoms with van der Waals surface area (Å²) in [5, 5.41) is 13.8. The van der Waals surface area contributed by atoms with Crippen molar-refractivity contribution in [3.63, 3.8) is 0 Å². The summed E-state index contributed by atoms with van der Waals surface area (Å²) in [7, 11) is 1.58. The molecule has 1 aliphatic carbocycles. The molecule has 1 amide bonds. The van der Waals surface area contributed by atoms with Crippen molar-refractivity contribution in [3.05, 3.63) is 64.7 Å². The molecule has 126 valence electrons. The van der Waals surface area contributed by atoms with Gasteiger partial charge in [-0.15, -0.1) is 0 Å². The molecule has 0 radical (unpaired) electrons. The molecule has 0 aliphatic heterocycles. The number of aliphatic hydroxyl groups is 1. The first-order chi connectivity index (χ1) is 11.6. The van der Waals surface area contributed by atoms with Gasteiger partial charge < -0.3 is 15.2 Å². The lowest BCUT2D eigenvalue weighted by Crippen LogP contribution is -2.30. The molecule has 2 aromatic rings. The molecule has 0 bridgehead atoms. The van der Waals surface area contributed by atoms with Crippen LogP contribution in [0.4, 0.5) is 0 Å². The SMILES string of the molecule is COc1cccc([C@H](O)CNC(=O)[C@H]2C[C@H]2c2ccccc2Cl)c1. The summed E-state index contributed by atoms with van der Waals surface area (Å²) in [6.07, 6.45) is 0.0340. The number of carbonyl (C=O) groups excluding carboxylic acids is 1. The van der Waals surface area contributed by atoms with Gasteiger partial charge in [-0.3, -0.25) is 4.79 Å². The lowest BCUT2D eigenvalue weighted by Gasteiger charge is -2.13. The number of halogens is 1. The van der Waals surface area contributed by atoms with Crippen LogP contribution in [0.1, 0.15) is 29.6 Å². The Morgan fingerprint density at radius 1 is 1.33 bits per heavy atom. The van der Waals surface area contributed by atoms with Crippen LogP contribution in [-0.4, -0.2) is 24.7 Å². The van der Waals surface area contributed by atoms with Crippen molar-refractivity contribution in [2.75, 3.05) is 13.7 Å². The summed E-state index contributed by atoms with van der Waals surface area (Å²) >= 11 is 6.18. The maximum atomic E-state index is 12.3. The quantitative estimate of drug-likeness (QED) is 0.844. The van der Waals surface area contributed by atoms with Crippen molar-refractivity contribution in [1.82, 2.24) is 5.32 Å². The number of carbonyl (C=O) groups is 1. The first-order valence-electron chi connectivity index (χ1n) is 7.94. The van der Waals surface area contributed by atoms with Gasteiger partial charge in [0.1, 0.15) is 5.75 Å². The molecule has 2 aromatic carbocycles. The van der Waals surface area contributed by atoms with Crippen LogP contribution in [0.5, 0.6) is 5.75 Å². The van der Waals surface area contributed by atoms with E-state index in [2.05, 4.69) is 5.32 Å². The fourth-order valence-electron chi connectivity index (χ4n) is 2.90. The molecule has 0 saturated heterocycles. The highest BCUT2D eigenvalue weighted by molar-refractivity contribution is 6.31. The van der Waals surface area contributed by atoms with E-state index in [4.69, 9.17) is 16.3 Å². The molecule has 4 nitrogen and oxygen atoms in total. The number of methoxy groups -OCH3 is 1. The number of hydrogen-bond donors (Lipinski definition) is 2. The molecule has 1 fully saturated rings. The average Bonchev–Trinajstić information content (AvgIpc) is 3.40. The van der Waals surface area contributed by atoms with Crippen molar-refractivity contribution in [1.29, 1.82) is 0 Å². The van der Waals surface area contributed by atoms with Crippen LogP contribution in [0.15, 0.2) is 48.5 Å². The Hall–Kier alpha value is -2.04. The Balaban J connectivity index is 1.54. The van der Waals surface area contributed by atoms with Gasteiger partial charge in [-0.1, -0.05) is 41.9 Å². The van der Waals surface area contributed by atoms with Gasteiger partial charge >= 0.3 is 0 Å². The van der Waals surface area contributed by atoms with Crippen molar-refractivity contribution < 1.29 is 14.6 Å². The van der Waals surface area contributed by atoms with E-state index in [0.29, 0.717) is 16.3 Å². The number of aliphatic hydroxyl groups excluding tert-OH is 1. The van der Waals surface area contributed by atoms with Crippen LogP contribution < -0.4 is 10.1 Å². The molecular formula is C19H20ClNO3. The molecule has 0 spiro atoms. The first-order valence-corrected chi connectivity index (χ1v) is 8.32. The molecular weight excluding hydrogens is 326 g/mol. The first kappa shape index (κ1) is 16.8. The van der Waals surface area contributed by atoms with Gasteiger partial charge in [0.05, 0.1) is 13.2 Å². The fourth-order valence-corrected chi connectivity index (χ4v) is 3.18. The third-order valence-electron chi connectivity index (χ3n) is 4.38. The number of benzene rings is 2. The summed E-state index contributed by atoms with van der Waals surface area (Å²) < 4.78 is 5.14. The highest BCUT2D eigenvalue weighted by Crippen LogP contribution is 2.49. The molecule has 2 N–H and O–H groups in total. The predicted molar refractivity (Wildman–Crippen MR) is 93.3 cm³/mol. The van der Waals surface area contributed by atoms with E-state index in [9.17, 15) is 9.90 Å². The van der Waals surface area contributed by atoms with Gasteiger partial charge in [0.25, 0.3) is 0 Å². The van der Waals surface area contributed by atoms with E-state index < -0.39 is 6.10 Å². The predicted octanol–water partition coefficient (Wildman–Crippen LogP) is 3.30. The standard InChI is InChI=1S/C19H20ClNO3/c1-24-13-6-4-5-12(9-13)18(22)11-21-19(23)16-10-15(16)14-7-2-3-8-17(14)20/h2-9,15-16,18,22H,10-11H2,1H3,(H,21,23)/t15-,16-,18+/m0/s1. The summed E-state index contributed by atoms with van der Waals surface area (Å²) in [5.74, 6) is 0.746. The van der Waals surface area contributed by atoms with Gasteiger partial charge in [-0.2, -0.15) is 0 Å². The smallest absolute Gasteiger partial charge is 0.223 e. The van der Waals surface area contributed by atoms with Crippen LogP contribution in [0.3, 0.4) is 0 Å². The minimum Gasteiger partial charge on any atom is -0.497 e. The van der Waals surface area contributed by atoms with Gasteiger partial charge in [-0.05, 0) is 41.7 Å². The highest BCUT2D eigenvalue weighted by Gasteiger charge is 2.44. The third kappa shape index (κ3) is 3.71.